The van der Waals surface area contributed by atoms with E-state index >= 15 is 0 Å². The maximum atomic E-state index is 12.3. The second-order valence-electron chi connectivity index (χ2n) is 2.88. The molecule has 0 aromatic heterocycles. The van der Waals surface area contributed by atoms with Crippen LogP contribution < -0.4 is 5.73 Å². The van der Waals surface area contributed by atoms with Gasteiger partial charge in [0.25, 0.3) is 0 Å². The fourth-order valence-electron chi connectivity index (χ4n) is 1.06. The lowest BCUT2D eigenvalue weighted by Crippen LogP contribution is -2.10. The summed E-state index contributed by atoms with van der Waals surface area (Å²) in [6, 6.07) is 4.37. The summed E-state index contributed by atoms with van der Waals surface area (Å²) in [7, 11) is 0. The summed E-state index contributed by atoms with van der Waals surface area (Å²) in [5, 5.41) is 0. The van der Waals surface area contributed by atoms with E-state index in [1.54, 1.807) is 6.07 Å². The van der Waals surface area contributed by atoms with Crippen LogP contribution in [0.4, 0.5) is 13.2 Å². The number of rotatable bonds is 2. The summed E-state index contributed by atoms with van der Waals surface area (Å²) in [5.41, 5.74) is 5.25. The van der Waals surface area contributed by atoms with Crippen molar-refractivity contribution in [2.75, 3.05) is 0 Å². The van der Waals surface area contributed by atoms with E-state index < -0.39 is 17.8 Å². The molecule has 0 aliphatic heterocycles. The van der Waals surface area contributed by atoms with Crippen LogP contribution in [-0.2, 0) is 6.18 Å². The molecule has 0 fully saturated rings. The smallest absolute Gasteiger partial charge is 0.321 e. The number of hydrogen-bond donors (Lipinski definition) is 1. The second kappa shape index (κ2) is 5.19. The average molecular weight is 238 g/mol. The van der Waals surface area contributed by atoms with Gasteiger partial charge in [0.15, 0.2) is 0 Å². The van der Waals surface area contributed by atoms with Gasteiger partial charge in [-0.15, -0.1) is 19.0 Å². The third kappa shape index (κ3) is 3.57. The third-order valence-corrected chi connectivity index (χ3v) is 1.85. The fourth-order valence-corrected chi connectivity index (χ4v) is 1.06. The maximum Gasteiger partial charge on any atom is 0.416 e. The Morgan fingerprint density at radius 2 is 1.93 bits per heavy atom. The highest BCUT2D eigenvalue weighted by Gasteiger charge is 2.30. The van der Waals surface area contributed by atoms with Crippen molar-refractivity contribution >= 4 is 12.4 Å². The van der Waals surface area contributed by atoms with Crippen molar-refractivity contribution in [2.24, 2.45) is 5.73 Å². The van der Waals surface area contributed by atoms with Crippen LogP contribution in [0.25, 0.3) is 0 Å². The van der Waals surface area contributed by atoms with E-state index in [-0.39, 0.29) is 12.4 Å². The molecule has 1 atom stereocenters. The lowest BCUT2D eigenvalue weighted by Gasteiger charge is -2.10. The maximum absolute atomic E-state index is 12.3. The van der Waals surface area contributed by atoms with Crippen molar-refractivity contribution in [3.05, 3.63) is 48.0 Å². The molecule has 0 spiro atoms. The quantitative estimate of drug-likeness (QED) is 0.785. The third-order valence-electron chi connectivity index (χ3n) is 1.85. The minimum Gasteiger partial charge on any atom is -0.321 e. The normalized spacial score (nSPS) is 12.8. The number of benzene rings is 1. The number of hydrogen-bond acceptors (Lipinski definition) is 1. The van der Waals surface area contributed by atoms with Crippen LogP contribution in [0.5, 0.6) is 0 Å². The van der Waals surface area contributed by atoms with Gasteiger partial charge in [0, 0.05) is 6.04 Å². The molecule has 0 radical (unpaired) electrons. The average Bonchev–Trinajstić information content (AvgIpc) is 2.15. The van der Waals surface area contributed by atoms with E-state index in [9.17, 15) is 13.2 Å². The van der Waals surface area contributed by atoms with E-state index in [2.05, 4.69) is 6.58 Å². The molecule has 1 aromatic rings. The largest absolute Gasteiger partial charge is 0.416 e. The zero-order chi connectivity index (χ0) is 10.8. The first-order valence-corrected chi connectivity index (χ1v) is 4.00. The Hall–Kier alpha value is -1.00. The van der Waals surface area contributed by atoms with E-state index in [0.717, 1.165) is 12.1 Å². The van der Waals surface area contributed by atoms with Gasteiger partial charge in [0.1, 0.15) is 0 Å². The Bertz CT molecular complexity index is 336. The Morgan fingerprint density at radius 3 is 2.40 bits per heavy atom. The molecule has 84 valence electrons. The second-order valence-corrected chi connectivity index (χ2v) is 2.88. The zero-order valence-corrected chi connectivity index (χ0v) is 8.61. The van der Waals surface area contributed by atoms with Crippen LogP contribution in [0.1, 0.15) is 17.2 Å². The monoisotopic (exact) mass is 237 g/mol. The Morgan fingerprint density at radius 1 is 1.33 bits per heavy atom. The molecular weight excluding hydrogens is 227 g/mol. The number of nitrogens with two attached hydrogens (primary N) is 1. The fraction of sp³-hybridized carbons (Fsp3) is 0.200. The molecule has 0 heterocycles. The summed E-state index contributed by atoms with van der Waals surface area (Å²) >= 11 is 0. The topological polar surface area (TPSA) is 26.0 Å². The molecule has 1 rings (SSSR count). The molecule has 1 aromatic carbocycles. The van der Waals surface area contributed by atoms with Crippen molar-refractivity contribution in [1.29, 1.82) is 0 Å². The van der Waals surface area contributed by atoms with Crippen LogP contribution >= 0.6 is 12.4 Å². The Kier molecular flexibility index (Phi) is 4.84. The predicted octanol–water partition coefficient (Wildman–Crippen LogP) is 3.31. The SMILES string of the molecule is C=CC(N)c1cccc(C(F)(F)F)c1.Cl. The number of alkyl halides is 3. The molecule has 1 nitrogen and oxygen atoms in total. The van der Waals surface area contributed by atoms with Crippen molar-refractivity contribution in [1.82, 2.24) is 0 Å². The van der Waals surface area contributed by atoms with Crippen molar-refractivity contribution in [3.8, 4) is 0 Å². The van der Waals surface area contributed by atoms with Crippen LogP contribution in [0.3, 0.4) is 0 Å². The van der Waals surface area contributed by atoms with Gasteiger partial charge in [-0.2, -0.15) is 13.2 Å². The lowest BCUT2D eigenvalue weighted by molar-refractivity contribution is -0.137. The summed E-state index contributed by atoms with van der Waals surface area (Å²) in [6.45, 7) is 3.42. The summed E-state index contributed by atoms with van der Waals surface area (Å²) < 4.78 is 36.8. The van der Waals surface area contributed by atoms with Crippen molar-refractivity contribution in [3.63, 3.8) is 0 Å². The molecule has 1 unspecified atom stereocenters. The Balaban J connectivity index is 0.00000196. The molecule has 5 heteroatoms. The first-order valence-electron chi connectivity index (χ1n) is 4.00. The molecular formula is C10H11ClF3N. The molecule has 15 heavy (non-hydrogen) atoms. The van der Waals surface area contributed by atoms with Crippen molar-refractivity contribution in [2.45, 2.75) is 12.2 Å². The first-order chi connectivity index (χ1) is 6.45. The van der Waals surface area contributed by atoms with Gasteiger partial charge in [-0.05, 0) is 17.7 Å². The first kappa shape index (κ1) is 14.0. The molecule has 0 amide bonds. The summed E-state index contributed by atoms with van der Waals surface area (Å²) in [6.07, 6.45) is -2.92. The minimum atomic E-state index is -4.32. The minimum absolute atomic E-state index is 0. The molecule has 2 N–H and O–H groups in total. The van der Waals surface area contributed by atoms with Gasteiger partial charge >= 0.3 is 6.18 Å². The van der Waals surface area contributed by atoms with E-state index in [1.165, 1.54) is 12.1 Å². The Labute approximate surface area is 92.2 Å². The highest BCUT2D eigenvalue weighted by atomic mass is 35.5. The molecule has 0 aliphatic carbocycles. The van der Waals surface area contributed by atoms with Crippen LogP contribution in [0.15, 0.2) is 36.9 Å². The molecule has 0 bridgehead atoms. The summed E-state index contributed by atoms with van der Waals surface area (Å²) in [4.78, 5) is 0. The highest BCUT2D eigenvalue weighted by molar-refractivity contribution is 5.85. The lowest BCUT2D eigenvalue weighted by atomic mass is 10.0. The van der Waals surface area contributed by atoms with Gasteiger partial charge in [-0.1, -0.05) is 18.2 Å². The van der Waals surface area contributed by atoms with Gasteiger partial charge in [0.2, 0.25) is 0 Å². The van der Waals surface area contributed by atoms with Crippen molar-refractivity contribution < 1.29 is 13.2 Å². The van der Waals surface area contributed by atoms with Crippen LogP contribution in [0, 0.1) is 0 Å². The van der Waals surface area contributed by atoms with Crippen LogP contribution in [0.2, 0.25) is 0 Å². The van der Waals surface area contributed by atoms with E-state index in [4.69, 9.17) is 5.73 Å². The van der Waals surface area contributed by atoms with Gasteiger partial charge < -0.3 is 5.73 Å². The van der Waals surface area contributed by atoms with Gasteiger partial charge in [-0.25, -0.2) is 0 Å². The predicted molar refractivity (Wildman–Crippen MR) is 55.8 cm³/mol. The highest BCUT2D eigenvalue weighted by Crippen LogP contribution is 2.30. The molecule has 0 aliphatic rings. The van der Waals surface area contributed by atoms with Gasteiger partial charge in [-0.3, -0.25) is 0 Å². The van der Waals surface area contributed by atoms with Gasteiger partial charge in [0.05, 0.1) is 5.56 Å². The molecule has 0 saturated heterocycles. The van der Waals surface area contributed by atoms with E-state index in [1.807, 2.05) is 0 Å². The summed E-state index contributed by atoms with van der Waals surface area (Å²) in [5.74, 6) is 0. The zero-order valence-electron chi connectivity index (χ0n) is 7.79. The standard InChI is InChI=1S/C10H10F3N.ClH/c1-2-9(14)7-4-3-5-8(6-7)10(11,12)13;/h2-6,9H,1,14H2;1H. The van der Waals surface area contributed by atoms with E-state index in [0.29, 0.717) is 5.56 Å². The number of halogens is 4. The molecule has 0 saturated carbocycles. The van der Waals surface area contributed by atoms with Crippen LogP contribution in [-0.4, -0.2) is 0 Å².